The van der Waals surface area contributed by atoms with Gasteiger partial charge in [0.1, 0.15) is 5.75 Å². The Morgan fingerprint density at radius 2 is 1.93 bits per heavy atom. The summed E-state index contributed by atoms with van der Waals surface area (Å²) in [5.74, 6) is -5.22. The van der Waals surface area contributed by atoms with Gasteiger partial charge in [-0.2, -0.15) is 8.78 Å². The molecule has 0 aromatic heterocycles. The van der Waals surface area contributed by atoms with Crippen LogP contribution in [0, 0.1) is 5.82 Å². The number of hydrogen-bond donors (Lipinski definition) is 2. The molecule has 0 spiro atoms. The van der Waals surface area contributed by atoms with E-state index in [2.05, 4.69) is 0 Å². The van der Waals surface area contributed by atoms with Crippen LogP contribution in [0.3, 0.4) is 0 Å². The van der Waals surface area contributed by atoms with Crippen LogP contribution < -0.4 is 4.72 Å². The number of rotatable bonds is 3. The van der Waals surface area contributed by atoms with Gasteiger partial charge in [-0.15, -0.1) is 0 Å². The van der Waals surface area contributed by atoms with Crippen molar-refractivity contribution in [1.29, 1.82) is 0 Å². The Kier molecular flexibility index (Phi) is 3.08. The molecule has 0 aliphatic heterocycles. The number of alkyl halides is 2. The zero-order chi connectivity index (χ0) is 11.6. The predicted molar refractivity (Wildman–Crippen MR) is 46.6 cm³/mol. The number of phenols is 1. The summed E-state index contributed by atoms with van der Waals surface area (Å²) in [6.45, 7) is 0. The molecule has 4 nitrogen and oxygen atoms in total. The molecule has 0 aliphatic rings. The predicted octanol–water partition coefficient (Wildman–Crippen LogP) is 1.50. The average molecular weight is 241 g/mol. The molecule has 0 heterocycles. The van der Waals surface area contributed by atoms with Crippen LogP contribution in [0.5, 0.6) is 5.75 Å². The third-order valence-corrected chi connectivity index (χ3v) is 2.41. The van der Waals surface area contributed by atoms with E-state index in [1.807, 2.05) is 0 Å². The van der Waals surface area contributed by atoms with Gasteiger partial charge in [-0.1, -0.05) is 0 Å². The zero-order valence-electron chi connectivity index (χ0n) is 7.12. The minimum Gasteiger partial charge on any atom is -0.508 e. The molecule has 15 heavy (non-hydrogen) atoms. The monoisotopic (exact) mass is 241 g/mol. The van der Waals surface area contributed by atoms with Gasteiger partial charge in [-0.05, 0) is 12.1 Å². The normalized spacial score (nSPS) is 11.7. The Hall–Kier alpha value is -1.44. The van der Waals surface area contributed by atoms with E-state index in [1.54, 1.807) is 0 Å². The van der Waals surface area contributed by atoms with Crippen molar-refractivity contribution in [2.45, 2.75) is 5.76 Å². The molecule has 0 saturated carbocycles. The highest BCUT2D eigenvalue weighted by molar-refractivity contribution is 7.93. The lowest BCUT2D eigenvalue weighted by Crippen LogP contribution is -2.21. The fourth-order valence-electron chi connectivity index (χ4n) is 0.785. The van der Waals surface area contributed by atoms with E-state index in [-0.39, 0.29) is 0 Å². The van der Waals surface area contributed by atoms with Crippen molar-refractivity contribution in [2.75, 3.05) is 4.72 Å². The van der Waals surface area contributed by atoms with Gasteiger partial charge >= 0.3 is 5.76 Å². The number of sulfonamides is 1. The van der Waals surface area contributed by atoms with Crippen LogP contribution in [0.2, 0.25) is 0 Å². The van der Waals surface area contributed by atoms with Crippen molar-refractivity contribution in [3.05, 3.63) is 24.0 Å². The first kappa shape index (κ1) is 11.6. The number of hydrogen-bond acceptors (Lipinski definition) is 3. The van der Waals surface area contributed by atoms with Crippen molar-refractivity contribution < 1.29 is 26.7 Å². The van der Waals surface area contributed by atoms with Crippen LogP contribution in [0.25, 0.3) is 0 Å². The molecule has 1 rings (SSSR count). The van der Waals surface area contributed by atoms with Crippen LogP contribution in [0.4, 0.5) is 18.9 Å². The average Bonchev–Trinajstić information content (AvgIpc) is 2.09. The smallest absolute Gasteiger partial charge is 0.355 e. The van der Waals surface area contributed by atoms with Crippen LogP contribution in [-0.2, 0) is 10.0 Å². The molecule has 0 saturated heterocycles. The lowest BCUT2D eigenvalue weighted by Gasteiger charge is -2.07. The van der Waals surface area contributed by atoms with Crippen LogP contribution >= 0.6 is 0 Å². The molecule has 84 valence electrons. The highest BCUT2D eigenvalue weighted by atomic mass is 32.2. The molecule has 0 fully saturated rings. The summed E-state index contributed by atoms with van der Waals surface area (Å²) >= 11 is 0. The first-order valence-electron chi connectivity index (χ1n) is 3.61. The maximum Gasteiger partial charge on any atom is 0.355 e. The molecule has 0 bridgehead atoms. The molecule has 0 unspecified atom stereocenters. The summed E-state index contributed by atoms with van der Waals surface area (Å²) in [6.07, 6.45) is 0. The van der Waals surface area contributed by atoms with E-state index < -0.39 is 33.0 Å². The second-order valence-electron chi connectivity index (χ2n) is 2.57. The van der Waals surface area contributed by atoms with Gasteiger partial charge < -0.3 is 5.11 Å². The number of halogens is 3. The first-order chi connectivity index (χ1) is 6.83. The van der Waals surface area contributed by atoms with Crippen molar-refractivity contribution in [1.82, 2.24) is 0 Å². The van der Waals surface area contributed by atoms with Crippen LogP contribution in [0.1, 0.15) is 0 Å². The number of aromatic hydroxyl groups is 1. The fourth-order valence-corrected chi connectivity index (χ4v) is 1.35. The Bertz CT molecular complexity index is 461. The Labute approximate surface area is 83.4 Å². The molecule has 0 amide bonds. The standard InChI is InChI=1S/C7H6F3NO3S/c8-5-3-4(12)1-2-6(5)11-15(13,14)7(9)10/h1-3,7,11-12H. The molecule has 1 aromatic carbocycles. The fraction of sp³-hybridized carbons (Fsp3) is 0.143. The van der Waals surface area contributed by atoms with Gasteiger partial charge in [0.25, 0.3) is 10.0 Å². The summed E-state index contributed by atoms with van der Waals surface area (Å²) < 4.78 is 59.3. The number of nitrogens with one attached hydrogen (secondary N) is 1. The molecule has 8 heteroatoms. The van der Waals surface area contributed by atoms with Gasteiger partial charge in [-0.3, -0.25) is 4.72 Å². The summed E-state index contributed by atoms with van der Waals surface area (Å²) in [4.78, 5) is 0. The summed E-state index contributed by atoms with van der Waals surface area (Å²) in [6, 6.07) is 2.40. The van der Waals surface area contributed by atoms with E-state index in [9.17, 15) is 21.6 Å². The zero-order valence-corrected chi connectivity index (χ0v) is 7.93. The minimum atomic E-state index is -4.89. The van der Waals surface area contributed by atoms with Crippen molar-refractivity contribution in [2.24, 2.45) is 0 Å². The number of anilines is 1. The van der Waals surface area contributed by atoms with E-state index in [0.29, 0.717) is 6.07 Å². The van der Waals surface area contributed by atoms with Gasteiger partial charge in [0, 0.05) is 6.07 Å². The summed E-state index contributed by atoms with van der Waals surface area (Å²) in [5.41, 5.74) is -0.645. The lowest BCUT2D eigenvalue weighted by atomic mass is 10.3. The Morgan fingerprint density at radius 3 is 2.40 bits per heavy atom. The van der Waals surface area contributed by atoms with E-state index in [4.69, 9.17) is 5.11 Å². The first-order valence-corrected chi connectivity index (χ1v) is 5.16. The molecule has 0 radical (unpaired) electrons. The minimum absolute atomic E-state index is 0.438. The summed E-state index contributed by atoms with van der Waals surface area (Å²) in [7, 11) is -4.89. The molecule has 0 atom stereocenters. The SMILES string of the molecule is O=S(=O)(Nc1ccc(O)cc1F)C(F)F. The maximum atomic E-state index is 12.9. The van der Waals surface area contributed by atoms with E-state index >= 15 is 0 Å². The number of phenolic OH excluding ortho intramolecular Hbond substituents is 1. The molecular weight excluding hydrogens is 235 g/mol. The van der Waals surface area contributed by atoms with Crippen molar-refractivity contribution >= 4 is 15.7 Å². The second kappa shape index (κ2) is 3.97. The third kappa shape index (κ3) is 2.75. The lowest BCUT2D eigenvalue weighted by molar-refractivity contribution is 0.236. The van der Waals surface area contributed by atoms with Crippen LogP contribution in [-0.4, -0.2) is 19.3 Å². The van der Waals surface area contributed by atoms with Gasteiger partial charge in [0.2, 0.25) is 0 Å². The molecule has 2 N–H and O–H groups in total. The molecule has 1 aromatic rings. The largest absolute Gasteiger partial charge is 0.508 e. The number of benzene rings is 1. The highest BCUT2D eigenvalue weighted by Gasteiger charge is 2.24. The van der Waals surface area contributed by atoms with Gasteiger partial charge in [0.05, 0.1) is 5.69 Å². The summed E-state index contributed by atoms with van der Waals surface area (Å²) in [5, 5.41) is 8.78. The Balaban J connectivity index is 3.01. The third-order valence-electron chi connectivity index (χ3n) is 1.44. The quantitative estimate of drug-likeness (QED) is 0.788. The van der Waals surface area contributed by atoms with E-state index in [1.165, 1.54) is 4.72 Å². The highest BCUT2D eigenvalue weighted by Crippen LogP contribution is 2.21. The molecular formula is C7H6F3NO3S. The van der Waals surface area contributed by atoms with Gasteiger partial charge in [-0.25, -0.2) is 12.8 Å². The van der Waals surface area contributed by atoms with Crippen molar-refractivity contribution in [3.63, 3.8) is 0 Å². The second-order valence-corrected chi connectivity index (χ2v) is 4.22. The van der Waals surface area contributed by atoms with Crippen molar-refractivity contribution in [3.8, 4) is 5.75 Å². The van der Waals surface area contributed by atoms with E-state index in [0.717, 1.165) is 12.1 Å². The Morgan fingerprint density at radius 1 is 1.33 bits per heavy atom. The molecule has 0 aliphatic carbocycles. The maximum absolute atomic E-state index is 12.9. The van der Waals surface area contributed by atoms with Crippen LogP contribution in [0.15, 0.2) is 18.2 Å². The topological polar surface area (TPSA) is 66.4 Å². The van der Waals surface area contributed by atoms with Gasteiger partial charge in [0.15, 0.2) is 5.82 Å².